The highest BCUT2D eigenvalue weighted by molar-refractivity contribution is 7.99. The van der Waals surface area contributed by atoms with Crippen molar-refractivity contribution in [1.82, 2.24) is 10.2 Å². The Labute approximate surface area is 197 Å². The van der Waals surface area contributed by atoms with Crippen LogP contribution in [0.5, 0.6) is 0 Å². The third kappa shape index (κ3) is 8.36. The molecular weight excluding hydrogens is 458 g/mol. The first-order chi connectivity index (χ1) is 14.7. The van der Waals surface area contributed by atoms with Crippen LogP contribution in [-0.2, 0) is 21.9 Å². The van der Waals surface area contributed by atoms with Crippen LogP contribution in [0.25, 0.3) is 0 Å². The summed E-state index contributed by atoms with van der Waals surface area (Å²) in [7, 11) is 0. The Hall–Kier alpha value is -1.76. The van der Waals surface area contributed by atoms with Gasteiger partial charge in [-0.1, -0.05) is 55.2 Å². The van der Waals surface area contributed by atoms with Gasteiger partial charge >= 0.3 is 0 Å². The number of hydrogen-bond acceptors (Lipinski definition) is 3. The Morgan fingerprint density at radius 3 is 2.29 bits per heavy atom. The van der Waals surface area contributed by atoms with Crippen molar-refractivity contribution in [1.29, 1.82) is 0 Å². The molecular formula is C23H27Cl2FN2O2S. The molecule has 0 bridgehead atoms. The van der Waals surface area contributed by atoms with Gasteiger partial charge in [-0.05, 0) is 48.2 Å². The van der Waals surface area contributed by atoms with E-state index in [-0.39, 0.29) is 29.9 Å². The van der Waals surface area contributed by atoms with Gasteiger partial charge in [-0.2, -0.15) is 0 Å². The van der Waals surface area contributed by atoms with Crippen molar-refractivity contribution < 1.29 is 14.0 Å². The van der Waals surface area contributed by atoms with Crippen molar-refractivity contribution in [2.24, 2.45) is 5.92 Å². The number of carbonyl (C=O) groups excluding carboxylic acids is 2. The van der Waals surface area contributed by atoms with E-state index < -0.39 is 6.04 Å². The van der Waals surface area contributed by atoms with Crippen molar-refractivity contribution in [2.45, 2.75) is 39.1 Å². The molecule has 0 saturated carbocycles. The lowest BCUT2D eigenvalue weighted by molar-refractivity contribution is -0.138. The molecule has 168 valence electrons. The topological polar surface area (TPSA) is 49.4 Å². The van der Waals surface area contributed by atoms with Crippen LogP contribution in [0.1, 0.15) is 31.9 Å². The average Bonchev–Trinajstić information content (AvgIpc) is 2.73. The predicted octanol–water partition coefficient (Wildman–Crippen LogP) is 5.56. The van der Waals surface area contributed by atoms with Gasteiger partial charge in [-0.3, -0.25) is 9.59 Å². The van der Waals surface area contributed by atoms with Crippen molar-refractivity contribution in [3.05, 3.63) is 69.5 Å². The molecule has 0 spiro atoms. The fourth-order valence-corrected chi connectivity index (χ4v) is 3.97. The first-order valence-corrected chi connectivity index (χ1v) is 11.9. The normalized spacial score (nSPS) is 12.0. The molecule has 4 nitrogen and oxygen atoms in total. The number of nitrogens with zero attached hydrogens (tertiary/aromatic N) is 1. The number of halogens is 3. The third-order valence-corrected chi connectivity index (χ3v) is 6.32. The first-order valence-electron chi connectivity index (χ1n) is 10.0. The quantitative estimate of drug-likeness (QED) is 0.480. The molecule has 2 rings (SSSR count). The molecule has 0 aliphatic heterocycles. The van der Waals surface area contributed by atoms with Crippen molar-refractivity contribution in [2.75, 3.05) is 12.3 Å². The molecule has 0 saturated heterocycles. The molecule has 2 aromatic rings. The largest absolute Gasteiger partial charge is 0.354 e. The lowest BCUT2D eigenvalue weighted by Gasteiger charge is -2.29. The highest BCUT2D eigenvalue weighted by atomic mass is 35.5. The Balaban J connectivity index is 2.05. The zero-order chi connectivity index (χ0) is 23.0. The number of nitrogens with one attached hydrogen (secondary N) is 1. The second-order valence-corrected chi connectivity index (χ2v) is 9.50. The zero-order valence-electron chi connectivity index (χ0n) is 17.8. The van der Waals surface area contributed by atoms with E-state index in [4.69, 9.17) is 23.2 Å². The molecule has 8 heteroatoms. The average molecular weight is 485 g/mol. The first kappa shape index (κ1) is 25.5. The summed E-state index contributed by atoms with van der Waals surface area (Å²) in [4.78, 5) is 27.1. The fourth-order valence-electron chi connectivity index (χ4n) is 2.79. The molecule has 0 aliphatic carbocycles. The van der Waals surface area contributed by atoms with Gasteiger partial charge in [-0.25, -0.2) is 4.39 Å². The molecule has 1 atom stereocenters. The Morgan fingerprint density at radius 1 is 1.03 bits per heavy atom. The van der Waals surface area contributed by atoms with E-state index in [0.29, 0.717) is 28.3 Å². The number of rotatable bonds is 10. The second-order valence-electron chi connectivity index (χ2n) is 7.70. The van der Waals surface area contributed by atoms with Crippen molar-refractivity contribution in [3.8, 4) is 0 Å². The number of amides is 2. The Kier molecular flexibility index (Phi) is 10.1. The van der Waals surface area contributed by atoms with Crippen LogP contribution in [0.2, 0.25) is 10.0 Å². The Morgan fingerprint density at radius 2 is 1.68 bits per heavy atom. The van der Waals surface area contributed by atoms with Crippen LogP contribution in [-0.4, -0.2) is 35.1 Å². The molecule has 0 heterocycles. The highest BCUT2D eigenvalue weighted by Crippen LogP contribution is 2.25. The lowest BCUT2D eigenvalue weighted by Crippen LogP contribution is -2.48. The van der Waals surface area contributed by atoms with Gasteiger partial charge in [0.2, 0.25) is 11.8 Å². The van der Waals surface area contributed by atoms with Gasteiger partial charge in [0, 0.05) is 18.8 Å². The van der Waals surface area contributed by atoms with Gasteiger partial charge < -0.3 is 10.2 Å². The minimum Gasteiger partial charge on any atom is -0.354 e. The van der Waals surface area contributed by atoms with Crippen LogP contribution in [0.15, 0.2) is 42.5 Å². The van der Waals surface area contributed by atoms with Crippen LogP contribution >= 0.6 is 35.0 Å². The summed E-state index contributed by atoms with van der Waals surface area (Å²) in [6.45, 7) is 6.48. The van der Waals surface area contributed by atoms with Crippen molar-refractivity contribution in [3.63, 3.8) is 0 Å². The fraction of sp³-hybridized carbons (Fsp3) is 0.391. The summed E-state index contributed by atoms with van der Waals surface area (Å²) in [5.74, 6) is 0.366. The molecule has 0 aliphatic rings. The molecule has 2 aromatic carbocycles. The number of carbonyl (C=O) groups is 2. The van der Waals surface area contributed by atoms with Crippen LogP contribution in [0, 0.1) is 11.7 Å². The van der Waals surface area contributed by atoms with Gasteiger partial charge in [-0.15, -0.1) is 11.8 Å². The van der Waals surface area contributed by atoms with E-state index in [0.717, 1.165) is 11.1 Å². The summed E-state index contributed by atoms with van der Waals surface area (Å²) < 4.78 is 13.3. The van der Waals surface area contributed by atoms with Gasteiger partial charge in [0.25, 0.3) is 0 Å². The number of hydrogen-bond donors (Lipinski definition) is 1. The molecule has 0 radical (unpaired) electrons. The molecule has 2 amide bonds. The SMILES string of the molecule is CC(C)CNC(=O)[C@H](C)N(Cc1ccc(F)cc1)C(=O)CSCc1ccc(Cl)c(Cl)c1. The van der Waals surface area contributed by atoms with Gasteiger partial charge in [0.05, 0.1) is 15.8 Å². The zero-order valence-corrected chi connectivity index (χ0v) is 20.2. The molecule has 1 N–H and O–H groups in total. The maximum Gasteiger partial charge on any atom is 0.242 e. The van der Waals surface area contributed by atoms with E-state index in [2.05, 4.69) is 5.32 Å². The number of thioether (sulfide) groups is 1. The van der Waals surface area contributed by atoms with E-state index in [1.807, 2.05) is 19.9 Å². The predicted molar refractivity (Wildman–Crippen MR) is 127 cm³/mol. The number of benzene rings is 2. The maximum atomic E-state index is 13.3. The summed E-state index contributed by atoms with van der Waals surface area (Å²) in [6.07, 6.45) is 0. The van der Waals surface area contributed by atoms with E-state index in [1.54, 1.807) is 31.2 Å². The van der Waals surface area contributed by atoms with E-state index in [9.17, 15) is 14.0 Å². The minimum absolute atomic E-state index is 0.165. The third-order valence-electron chi connectivity index (χ3n) is 4.60. The minimum atomic E-state index is -0.651. The highest BCUT2D eigenvalue weighted by Gasteiger charge is 2.26. The van der Waals surface area contributed by atoms with Gasteiger partial charge in [0.15, 0.2) is 0 Å². The monoisotopic (exact) mass is 484 g/mol. The Bertz CT molecular complexity index is 894. The van der Waals surface area contributed by atoms with E-state index >= 15 is 0 Å². The summed E-state index contributed by atoms with van der Waals surface area (Å²) in [5.41, 5.74) is 1.72. The smallest absolute Gasteiger partial charge is 0.242 e. The van der Waals surface area contributed by atoms with Crippen molar-refractivity contribution >= 4 is 46.8 Å². The molecule has 0 fully saturated rings. The summed E-state index contributed by atoms with van der Waals surface area (Å²) in [6, 6.07) is 10.7. The second kappa shape index (κ2) is 12.3. The van der Waals surface area contributed by atoms with Gasteiger partial charge in [0.1, 0.15) is 11.9 Å². The molecule has 31 heavy (non-hydrogen) atoms. The molecule has 0 unspecified atom stereocenters. The van der Waals surface area contributed by atoms with E-state index in [1.165, 1.54) is 28.8 Å². The van der Waals surface area contributed by atoms with Crippen LogP contribution < -0.4 is 5.32 Å². The molecule has 0 aromatic heterocycles. The van der Waals surface area contributed by atoms with Crippen LogP contribution in [0.4, 0.5) is 4.39 Å². The summed E-state index contributed by atoms with van der Waals surface area (Å²) in [5, 5.41) is 3.83. The maximum absolute atomic E-state index is 13.3. The summed E-state index contributed by atoms with van der Waals surface area (Å²) >= 11 is 13.4. The van der Waals surface area contributed by atoms with Crippen LogP contribution in [0.3, 0.4) is 0 Å². The lowest BCUT2D eigenvalue weighted by atomic mass is 10.1. The standard InChI is InChI=1S/C23H27Cl2FN2O2S/c1-15(2)11-27-23(30)16(3)28(12-17-4-7-19(26)8-5-17)22(29)14-31-13-18-6-9-20(24)21(25)10-18/h4-10,15-16H,11-14H2,1-3H3,(H,27,30)/t16-/m0/s1.